The molecule has 0 saturated carbocycles. The first-order valence-electron chi connectivity index (χ1n) is 9.73. The molecule has 0 aliphatic carbocycles. The van der Waals surface area contributed by atoms with E-state index in [0.29, 0.717) is 16.6 Å². The van der Waals surface area contributed by atoms with E-state index in [4.69, 9.17) is 0 Å². The van der Waals surface area contributed by atoms with Crippen LogP contribution in [0.5, 0.6) is 0 Å². The summed E-state index contributed by atoms with van der Waals surface area (Å²) in [5.74, 6) is -1.16. The van der Waals surface area contributed by atoms with Crippen molar-refractivity contribution in [2.45, 2.75) is 20.4 Å². The minimum absolute atomic E-state index is 0.0208. The van der Waals surface area contributed by atoms with Crippen LogP contribution in [0.15, 0.2) is 76.3 Å². The van der Waals surface area contributed by atoms with Gasteiger partial charge in [-0.15, -0.1) is 0 Å². The molecule has 0 spiro atoms. The number of para-hydroxylation sites is 2. The maximum Gasteiger partial charge on any atom is 0.336 e. The number of aryl methyl sites for hydroxylation is 2. The molecule has 0 atom stereocenters. The standard InChI is InChI=1S/C24H20FN3O3/c1-15-11-16(2)13-17(12-15)28-23(30)18-7-3-6-10-21(18)27(24(28)31)14-22(29)26-20-9-5-4-8-19(20)25/h3-13H,14H2,1-2H3,(H,26,29). The summed E-state index contributed by atoms with van der Waals surface area (Å²) in [7, 11) is 0. The highest BCUT2D eigenvalue weighted by Crippen LogP contribution is 2.15. The van der Waals surface area contributed by atoms with Gasteiger partial charge in [0.2, 0.25) is 5.91 Å². The van der Waals surface area contributed by atoms with Crippen LogP contribution in [0.3, 0.4) is 0 Å². The van der Waals surface area contributed by atoms with Crippen molar-refractivity contribution < 1.29 is 9.18 Å². The number of halogens is 1. The molecule has 6 nitrogen and oxygen atoms in total. The van der Waals surface area contributed by atoms with E-state index in [1.165, 1.54) is 22.8 Å². The summed E-state index contributed by atoms with van der Waals surface area (Å²) in [5.41, 5.74) is 1.49. The normalized spacial score (nSPS) is 10.9. The Morgan fingerprint density at radius 3 is 2.29 bits per heavy atom. The highest BCUT2D eigenvalue weighted by Gasteiger charge is 2.17. The van der Waals surface area contributed by atoms with E-state index in [1.807, 2.05) is 19.9 Å². The van der Waals surface area contributed by atoms with Crippen LogP contribution in [-0.2, 0) is 11.3 Å². The summed E-state index contributed by atoms with van der Waals surface area (Å²) in [6, 6.07) is 17.8. The van der Waals surface area contributed by atoms with Crippen molar-refractivity contribution >= 4 is 22.5 Å². The number of rotatable bonds is 4. The number of carbonyl (C=O) groups is 1. The number of nitrogens with one attached hydrogen (secondary N) is 1. The summed E-state index contributed by atoms with van der Waals surface area (Å²) in [6.45, 7) is 3.38. The smallest absolute Gasteiger partial charge is 0.322 e. The van der Waals surface area contributed by atoms with Gasteiger partial charge in [0.1, 0.15) is 12.4 Å². The molecule has 1 amide bonds. The fourth-order valence-corrected chi connectivity index (χ4v) is 3.68. The van der Waals surface area contributed by atoms with Crippen molar-refractivity contribution in [3.63, 3.8) is 0 Å². The molecule has 31 heavy (non-hydrogen) atoms. The number of hydrogen-bond acceptors (Lipinski definition) is 3. The van der Waals surface area contributed by atoms with Crippen LogP contribution in [-0.4, -0.2) is 15.0 Å². The lowest BCUT2D eigenvalue weighted by Crippen LogP contribution is -2.41. The monoisotopic (exact) mass is 417 g/mol. The van der Waals surface area contributed by atoms with Crippen molar-refractivity contribution in [2.24, 2.45) is 0 Å². The third kappa shape index (κ3) is 3.90. The predicted molar refractivity (Wildman–Crippen MR) is 118 cm³/mol. The number of hydrogen-bond donors (Lipinski definition) is 1. The van der Waals surface area contributed by atoms with E-state index in [2.05, 4.69) is 5.32 Å². The van der Waals surface area contributed by atoms with Gasteiger partial charge in [-0.1, -0.05) is 30.3 Å². The highest BCUT2D eigenvalue weighted by molar-refractivity contribution is 5.91. The Morgan fingerprint density at radius 2 is 1.58 bits per heavy atom. The van der Waals surface area contributed by atoms with Crippen LogP contribution in [0.4, 0.5) is 10.1 Å². The molecule has 0 unspecified atom stereocenters. The fraction of sp³-hybridized carbons (Fsp3) is 0.125. The average Bonchev–Trinajstić information content (AvgIpc) is 2.72. The van der Waals surface area contributed by atoms with E-state index in [1.54, 1.807) is 42.5 Å². The number of carbonyl (C=O) groups excluding carboxylic acids is 1. The summed E-state index contributed by atoms with van der Waals surface area (Å²) >= 11 is 0. The Morgan fingerprint density at radius 1 is 0.935 bits per heavy atom. The van der Waals surface area contributed by atoms with Gasteiger partial charge in [0.05, 0.1) is 22.3 Å². The highest BCUT2D eigenvalue weighted by atomic mass is 19.1. The number of anilines is 1. The first-order valence-corrected chi connectivity index (χ1v) is 9.73. The molecular weight excluding hydrogens is 397 g/mol. The third-order valence-electron chi connectivity index (χ3n) is 4.96. The van der Waals surface area contributed by atoms with Gasteiger partial charge in [-0.25, -0.2) is 13.8 Å². The van der Waals surface area contributed by atoms with E-state index in [9.17, 15) is 18.8 Å². The Hall–Kier alpha value is -4.00. The van der Waals surface area contributed by atoms with E-state index < -0.39 is 23.0 Å². The predicted octanol–water partition coefficient (Wildman–Crippen LogP) is 3.55. The average molecular weight is 417 g/mol. The van der Waals surface area contributed by atoms with E-state index >= 15 is 0 Å². The Balaban J connectivity index is 1.87. The molecule has 0 fully saturated rings. The minimum atomic E-state index is -0.641. The Labute approximate surface area is 177 Å². The van der Waals surface area contributed by atoms with E-state index in [0.717, 1.165) is 15.7 Å². The van der Waals surface area contributed by atoms with Crippen LogP contribution in [0.1, 0.15) is 11.1 Å². The molecule has 4 rings (SSSR count). The molecule has 1 N–H and O–H groups in total. The molecule has 0 saturated heterocycles. The fourth-order valence-electron chi connectivity index (χ4n) is 3.68. The topological polar surface area (TPSA) is 73.1 Å². The first kappa shape index (κ1) is 20.3. The zero-order valence-electron chi connectivity index (χ0n) is 17.1. The summed E-state index contributed by atoms with van der Waals surface area (Å²) < 4.78 is 16.2. The number of aromatic nitrogens is 2. The Kier molecular flexibility index (Phi) is 5.25. The third-order valence-corrected chi connectivity index (χ3v) is 4.96. The number of fused-ring (bicyclic) bond motifs is 1. The van der Waals surface area contributed by atoms with Crippen molar-refractivity contribution in [1.82, 2.24) is 9.13 Å². The summed E-state index contributed by atoms with van der Waals surface area (Å²) in [6.07, 6.45) is 0. The molecule has 3 aromatic carbocycles. The zero-order valence-corrected chi connectivity index (χ0v) is 17.1. The van der Waals surface area contributed by atoms with Crippen molar-refractivity contribution in [3.8, 4) is 5.69 Å². The molecule has 0 aliphatic heterocycles. The first-order chi connectivity index (χ1) is 14.8. The summed E-state index contributed by atoms with van der Waals surface area (Å²) in [5, 5.41) is 2.79. The van der Waals surface area contributed by atoms with Gasteiger partial charge < -0.3 is 5.32 Å². The van der Waals surface area contributed by atoms with Gasteiger partial charge in [0, 0.05) is 0 Å². The molecule has 156 valence electrons. The van der Waals surface area contributed by atoms with Crippen LogP contribution in [0.25, 0.3) is 16.6 Å². The lowest BCUT2D eigenvalue weighted by Gasteiger charge is -2.15. The van der Waals surface area contributed by atoms with Crippen LogP contribution in [0.2, 0.25) is 0 Å². The van der Waals surface area contributed by atoms with Gasteiger partial charge in [0.15, 0.2) is 0 Å². The molecule has 0 bridgehead atoms. The second-order valence-corrected chi connectivity index (χ2v) is 7.40. The second-order valence-electron chi connectivity index (χ2n) is 7.40. The van der Waals surface area contributed by atoms with Gasteiger partial charge in [-0.05, 0) is 61.4 Å². The molecule has 7 heteroatoms. The van der Waals surface area contributed by atoms with Crippen molar-refractivity contribution in [3.05, 3.63) is 105 Å². The van der Waals surface area contributed by atoms with Gasteiger partial charge in [0.25, 0.3) is 5.56 Å². The van der Waals surface area contributed by atoms with Crippen LogP contribution < -0.4 is 16.6 Å². The zero-order chi connectivity index (χ0) is 22.1. The second kappa shape index (κ2) is 8.02. The molecule has 1 heterocycles. The lowest BCUT2D eigenvalue weighted by molar-refractivity contribution is -0.116. The molecule has 4 aromatic rings. The SMILES string of the molecule is Cc1cc(C)cc(-n2c(=O)c3ccccc3n(CC(=O)Nc3ccccc3F)c2=O)c1. The van der Waals surface area contributed by atoms with Gasteiger partial charge in [-0.2, -0.15) is 0 Å². The van der Waals surface area contributed by atoms with Crippen molar-refractivity contribution in [1.29, 1.82) is 0 Å². The number of benzene rings is 3. The van der Waals surface area contributed by atoms with Crippen LogP contribution in [0, 0.1) is 19.7 Å². The maximum absolute atomic E-state index is 13.9. The van der Waals surface area contributed by atoms with E-state index in [-0.39, 0.29) is 12.2 Å². The quantitative estimate of drug-likeness (QED) is 0.552. The number of nitrogens with zero attached hydrogens (tertiary/aromatic N) is 2. The van der Waals surface area contributed by atoms with Gasteiger partial charge in [-0.3, -0.25) is 14.2 Å². The Bertz CT molecular complexity index is 1420. The molecule has 0 radical (unpaired) electrons. The molecular formula is C24H20FN3O3. The summed E-state index contributed by atoms with van der Waals surface area (Å²) in [4.78, 5) is 39.1. The largest absolute Gasteiger partial charge is 0.336 e. The minimum Gasteiger partial charge on any atom is -0.322 e. The lowest BCUT2D eigenvalue weighted by atomic mass is 10.1. The van der Waals surface area contributed by atoms with Crippen LogP contribution >= 0.6 is 0 Å². The van der Waals surface area contributed by atoms with Gasteiger partial charge >= 0.3 is 5.69 Å². The molecule has 1 aromatic heterocycles. The van der Waals surface area contributed by atoms with Crippen molar-refractivity contribution in [2.75, 3.05) is 5.32 Å². The molecule has 0 aliphatic rings. The maximum atomic E-state index is 13.9. The number of amides is 1.